The van der Waals surface area contributed by atoms with E-state index in [0.717, 1.165) is 28.1 Å². The number of pyridine rings is 1. The van der Waals surface area contributed by atoms with Gasteiger partial charge in [0.2, 0.25) is 0 Å². The number of aliphatic hydroxyl groups excluding tert-OH is 1. The van der Waals surface area contributed by atoms with Crippen LogP contribution in [0.2, 0.25) is 0 Å². The Labute approximate surface area is 127 Å². The minimum Gasteiger partial charge on any atom is -0.537 e. The number of benzene rings is 1. The summed E-state index contributed by atoms with van der Waals surface area (Å²) in [5.74, 6) is 0.817. The van der Waals surface area contributed by atoms with E-state index in [0.29, 0.717) is 6.61 Å². The van der Waals surface area contributed by atoms with Gasteiger partial charge in [-0.3, -0.25) is 0 Å². The number of aryl methyl sites for hydroxylation is 1. The van der Waals surface area contributed by atoms with Gasteiger partial charge in [-0.25, -0.2) is 0 Å². The van der Waals surface area contributed by atoms with E-state index in [9.17, 15) is 0 Å². The van der Waals surface area contributed by atoms with Crippen molar-refractivity contribution in [2.24, 2.45) is 0 Å². The van der Waals surface area contributed by atoms with Gasteiger partial charge in [0.05, 0.1) is 13.2 Å². The number of ether oxygens (including phenoxy) is 1. The summed E-state index contributed by atoms with van der Waals surface area (Å²) >= 11 is 0. The summed E-state index contributed by atoms with van der Waals surface area (Å²) in [6.45, 7) is 4.62. The molecule has 1 aromatic carbocycles. The molecule has 1 aromatic heterocycles. The molecule has 0 saturated heterocycles. The van der Waals surface area contributed by atoms with Crippen LogP contribution >= 0.6 is 0 Å². The van der Waals surface area contributed by atoms with E-state index >= 15 is 0 Å². The maximum Gasteiger partial charge on any atom is 0.0727 e. The monoisotopic (exact) mass is 435 g/mol. The number of nitrogens with zero attached hydrogens (tertiary/aromatic N) is 1. The fourth-order valence-electron chi connectivity index (χ4n) is 1.82. The summed E-state index contributed by atoms with van der Waals surface area (Å²) in [6, 6.07) is 10.7. The molecule has 0 fully saturated rings. The zero-order valence-corrected chi connectivity index (χ0v) is 13.3. The Morgan fingerprint density at radius 2 is 2.16 bits per heavy atom. The smallest absolute Gasteiger partial charge is 0.0727 e. The van der Waals surface area contributed by atoms with Crippen molar-refractivity contribution in [3.05, 3.63) is 47.7 Å². The molecule has 0 aliphatic heterocycles. The van der Waals surface area contributed by atoms with Crippen molar-refractivity contribution in [2.75, 3.05) is 6.61 Å². The van der Waals surface area contributed by atoms with E-state index in [1.807, 2.05) is 32.0 Å². The third-order valence-electron chi connectivity index (χ3n) is 2.69. The molecule has 2 rings (SSSR count). The molecule has 4 heteroatoms. The van der Waals surface area contributed by atoms with Crippen LogP contribution in [-0.4, -0.2) is 16.7 Å². The normalized spacial score (nSPS) is 9.84. The molecular weight excluding hydrogens is 418 g/mol. The average molecular weight is 435 g/mol. The van der Waals surface area contributed by atoms with E-state index in [2.05, 4.69) is 11.1 Å². The summed E-state index contributed by atoms with van der Waals surface area (Å²) in [5.41, 5.74) is 3.67. The van der Waals surface area contributed by atoms with Gasteiger partial charge in [-0.15, -0.1) is 29.3 Å². The molecule has 0 aliphatic rings. The standard InChI is InChI=1S/C15H16NO2.Ir/c1-3-18-13-4-5-14(11(2)8-13)15-9-12(10-17)6-7-16-15;/h4,6-9,17H,3,10H2,1-2H3;/q-1;. The van der Waals surface area contributed by atoms with Gasteiger partial charge in [0.25, 0.3) is 0 Å². The summed E-state index contributed by atoms with van der Waals surface area (Å²) in [7, 11) is 0. The van der Waals surface area contributed by atoms with Crippen molar-refractivity contribution in [2.45, 2.75) is 20.5 Å². The van der Waals surface area contributed by atoms with Crippen LogP contribution < -0.4 is 4.74 Å². The van der Waals surface area contributed by atoms with Gasteiger partial charge in [-0.05, 0) is 24.2 Å². The number of aromatic nitrogens is 1. The second kappa shape index (κ2) is 7.39. The Morgan fingerprint density at radius 1 is 1.37 bits per heavy atom. The molecule has 0 bridgehead atoms. The molecule has 1 heterocycles. The zero-order chi connectivity index (χ0) is 13.0. The predicted octanol–water partition coefficient (Wildman–Crippen LogP) is 2.75. The van der Waals surface area contributed by atoms with E-state index in [1.165, 1.54) is 0 Å². The first kappa shape index (κ1) is 15.8. The minimum atomic E-state index is 0. The van der Waals surface area contributed by atoms with Gasteiger partial charge in [-0.1, -0.05) is 13.0 Å². The van der Waals surface area contributed by atoms with Crippen LogP contribution in [0.15, 0.2) is 30.5 Å². The quantitative estimate of drug-likeness (QED) is 0.753. The molecule has 0 atom stereocenters. The van der Waals surface area contributed by atoms with Crippen LogP contribution in [0.4, 0.5) is 0 Å². The second-order valence-electron chi connectivity index (χ2n) is 4.03. The van der Waals surface area contributed by atoms with Crippen LogP contribution in [0.25, 0.3) is 11.3 Å². The van der Waals surface area contributed by atoms with Gasteiger partial charge in [0.1, 0.15) is 0 Å². The van der Waals surface area contributed by atoms with Crippen LogP contribution in [-0.2, 0) is 26.7 Å². The first-order valence-electron chi connectivity index (χ1n) is 5.96. The van der Waals surface area contributed by atoms with Crippen LogP contribution in [0.1, 0.15) is 18.1 Å². The molecule has 0 unspecified atom stereocenters. The second-order valence-corrected chi connectivity index (χ2v) is 4.03. The van der Waals surface area contributed by atoms with Crippen LogP contribution in [0, 0.1) is 13.0 Å². The molecule has 0 saturated carbocycles. The summed E-state index contributed by atoms with van der Waals surface area (Å²) < 4.78 is 5.43. The summed E-state index contributed by atoms with van der Waals surface area (Å²) in [6.07, 6.45) is 1.70. The molecule has 19 heavy (non-hydrogen) atoms. The first-order valence-corrected chi connectivity index (χ1v) is 5.96. The Kier molecular flexibility index (Phi) is 6.16. The maximum atomic E-state index is 9.13. The van der Waals surface area contributed by atoms with E-state index in [4.69, 9.17) is 9.84 Å². The van der Waals surface area contributed by atoms with Crippen molar-refractivity contribution < 1.29 is 29.9 Å². The molecule has 0 spiro atoms. The van der Waals surface area contributed by atoms with Crippen LogP contribution in [0.3, 0.4) is 0 Å². The largest absolute Gasteiger partial charge is 0.537 e. The van der Waals surface area contributed by atoms with Gasteiger partial charge in [0, 0.05) is 32.1 Å². The zero-order valence-electron chi connectivity index (χ0n) is 10.9. The third kappa shape index (κ3) is 3.87. The number of rotatable bonds is 4. The molecule has 0 aliphatic carbocycles. The predicted molar refractivity (Wildman–Crippen MR) is 70.3 cm³/mol. The van der Waals surface area contributed by atoms with Crippen molar-refractivity contribution in [1.82, 2.24) is 4.98 Å². The maximum absolute atomic E-state index is 9.13. The molecule has 2 aromatic rings. The number of hydrogen-bond donors (Lipinski definition) is 1. The van der Waals surface area contributed by atoms with E-state index in [1.54, 1.807) is 12.3 Å². The number of aliphatic hydroxyl groups is 1. The fourth-order valence-corrected chi connectivity index (χ4v) is 1.82. The van der Waals surface area contributed by atoms with Crippen molar-refractivity contribution >= 4 is 0 Å². The van der Waals surface area contributed by atoms with Gasteiger partial charge >= 0.3 is 0 Å². The van der Waals surface area contributed by atoms with Crippen molar-refractivity contribution in [3.63, 3.8) is 0 Å². The Hall–Kier alpha value is -1.22. The first-order chi connectivity index (χ1) is 8.74. The molecule has 1 radical (unpaired) electrons. The average Bonchev–Trinajstić information content (AvgIpc) is 2.39. The Morgan fingerprint density at radius 3 is 2.79 bits per heavy atom. The molecule has 1 N–H and O–H groups in total. The molecular formula is C15H16IrNO2-. The minimum absolute atomic E-state index is 0. The fraction of sp³-hybridized carbons (Fsp3) is 0.267. The molecule has 3 nitrogen and oxygen atoms in total. The van der Waals surface area contributed by atoms with Gasteiger partial charge < -0.3 is 14.8 Å². The molecule has 0 amide bonds. The summed E-state index contributed by atoms with van der Waals surface area (Å²) in [4.78, 5) is 4.31. The topological polar surface area (TPSA) is 42.4 Å². The van der Waals surface area contributed by atoms with Gasteiger partial charge in [0.15, 0.2) is 0 Å². The van der Waals surface area contributed by atoms with E-state index < -0.39 is 0 Å². The summed E-state index contributed by atoms with van der Waals surface area (Å²) in [5, 5.41) is 9.13. The van der Waals surface area contributed by atoms with Crippen molar-refractivity contribution in [1.29, 1.82) is 0 Å². The molecule has 103 valence electrons. The number of hydrogen-bond acceptors (Lipinski definition) is 3. The third-order valence-corrected chi connectivity index (χ3v) is 2.69. The SMILES string of the molecule is CCOc1c[c-]c(-c2cc(CO)ccn2)c(C)c1.[Ir]. The Bertz CT molecular complexity index is 543. The van der Waals surface area contributed by atoms with Crippen LogP contribution in [0.5, 0.6) is 5.75 Å². The van der Waals surface area contributed by atoms with E-state index in [-0.39, 0.29) is 26.7 Å². The van der Waals surface area contributed by atoms with Gasteiger partial charge in [-0.2, -0.15) is 0 Å². The van der Waals surface area contributed by atoms with Crippen molar-refractivity contribution in [3.8, 4) is 17.0 Å². The Balaban J connectivity index is 0.00000180.